The van der Waals surface area contributed by atoms with E-state index in [2.05, 4.69) is 26.3 Å². The zero-order valence-corrected chi connectivity index (χ0v) is 12.6. The van der Waals surface area contributed by atoms with Gasteiger partial charge in [0.1, 0.15) is 0 Å². The molecule has 0 saturated heterocycles. The molecule has 3 aromatic rings. The summed E-state index contributed by atoms with van der Waals surface area (Å²) in [5.41, 5.74) is 4.68. The van der Waals surface area contributed by atoms with Crippen LogP contribution >= 0.6 is 0 Å². The van der Waals surface area contributed by atoms with Crippen LogP contribution in [0.25, 0.3) is 11.0 Å². The molecule has 0 aliphatic rings. The van der Waals surface area contributed by atoms with Gasteiger partial charge >= 0.3 is 123 Å². The molecule has 98 valence electrons. The number of aromatic nitrogens is 2. The van der Waals surface area contributed by atoms with Crippen molar-refractivity contribution in [1.29, 1.82) is 5.26 Å². The normalized spacial score (nSPS) is 12.0. The van der Waals surface area contributed by atoms with E-state index in [9.17, 15) is 0 Å². The molecular weight excluding hydrogens is 315 g/mol. The van der Waals surface area contributed by atoms with Crippen molar-refractivity contribution in [2.45, 2.75) is 13.0 Å². The number of nitrogens with zero attached hydrogens (tertiary/aromatic N) is 3. The van der Waals surface area contributed by atoms with E-state index >= 15 is 0 Å². The molecule has 0 amide bonds. The van der Waals surface area contributed by atoms with Gasteiger partial charge in [-0.3, -0.25) is 0 Å². The third-order valence-corrected chi connectivity index (χ3v) is 4.31. The maximum absolute atomic E-state index is 8.96. The number of nitrogens with one attached hydrogen (secondary N) is 1. The summed E-state index contributed by atoms with van der Waals surface area (Å²) in [6, 6.07) is 15.9. The number of hydrogen-bond donors (Lipinski definition) is 1. The van der Waals surface area contributed by atoms with Crippen LogP contribution in [0.15, 0.2) is 42.5 Å². The van der Waals surface area contributed by atoms with E-state index in [1.54, 1.807) is 0 Å². The summed E-state index contributed by atoms with van der Waals surface area (Å²) in [5.74, 6) is 0. The van der Waals surface area contributed by atoms with Gasteiger partial charge < -0.3 is 0 Å². The van der Waals surface area contributed by atoms with Crippen LogP contribution in [0.3, 0.4) is 0 Å². The predicted molar refractivity (Wildman–Crippen MR) is 79.7 cm³/mol. The molecule has 1 unspecified atom stereocenters. The predicted octanol–water partition coefficient (Wildman–Crippen LogP) is 2.73. The summed E-state index contributed by atoms with van der Waals surface area (Å²) >= 11 is -0.0237. The van der Waals surface area contributed by atoms with E-state index in [-0.39, 0.29) is 21.0 Å². The van der Waals surface area contributed by atoms with Gasteiger partial charge in [0.25, 0.3) is 0 Å². The van der Waals surface area contributed by atoms with Crippen LogP contribution in [-0.2, 0) is 0 Å². The van der Waals surface area contributed by atoms with Crippen LogP contribution in [0.5, 0.6) is 0 Å². The van der Waals surface area contributed by atoms with E-state index in [4.69, 9.17) is 5.26 Å². The van der Waals surface area contributed by atoms with Gasteiger partial charge in [0.2, 0.25) is 0 Å². The molecule has 4 nitrogen and oxygen atoms in total. The summed E-state index contributed by atoms with van der Waals surface area (Å²) in [4.78, 5) is 0. The van der Waals surface area contributed by atoms with Crippen molar-refractivity contribution in [2.24, 2.45) is 0 Å². The molecular formula is C15H12N4Se. The number of fused-ring (bicyclic) bond motifs is 1. The monoisotopic (exact) mass is 328 g/mol. The Morgan fingerprint density at radius 2 is 2.05 bits per heavy atom. The molecule has 0 saturated carbocycles. The minimum atomic E-state index is -0.0237. The van der Waals surface area contributed by atoms with Crippen molar-refractivity contribution in [3.63, 3.8) is 0 Å². The Hall–Kier alpha value is -2.15. The van der Waals surface area contributed by atoms with Crippen LogP contribution in [-0.4, -0.2) is 22.9 Å². The number of benzene rings is 2. The Morgan fingerprint density at radius 1 is 1.20 bits per heavy atom. The Bertz CT molecular complexity index is 788. The molecule has 0 bridgehead atoms. The average molecular weight is 327 g/mol. The minimum absolute atomic E-state index is 0.0237. The van der Waals surface area contributed by atoms with Gasteiger partial charge in [-0.15, -0.1) is 0 Å². The molecule has 3 rings (SSSR count). The van der Waals surface area contributed by atoms with Crippen LogP contribution in [0.4, 0.5) is 5.69 Å². The van der Waals surface area contributed by atoms with Gasteiger partial charge in [0, 0.05) is 0 Å². The molecule has 1 N–H and O–H groups in total. The molecule has 20 heavy (non-hydrogen) atoms. The van der Waals surface area contributed by atoms with Crippen molar-refractivity contribution in [3.8, 4) is 6.07 Å². The quantitative estimate of drug-likeness (QED) is 0.752. The first kappa shape index (κ1) is 12.9. The maximum atomic E-state index is 8.96. The van der Waals surface area contributed by atoms with Crippen LogP contribution in [0, 0.1) is 11.3 Å². The summed E-state index contributed by atoms with van der Waals surface area (Å²) < 4.78 is 8.84. The van der Waals surface area contributed by atoms with Gasteiger partial charge in [-0.05, 0) is 0 Å². The van der Waals surface area contributed by atoms with Gasteiger partial charge in [-0.1, -0.05) is 0 Å². The van der Waals surface area contributed by atoms with Crippen LogP contribution < -0.4 is 5.32 Å². The van der Waals surface area contributed by atoms with E-state index in [1.807, 2.05) is 42.5 Å². The van der Waals surface area contributed by atoms with E-state index in [0.29, 0.717) is 5.56 Å². The zero-order chi connectivity index (χ0) is 13.9. The van der Waals surface area contributed by atoms with Crippen molar-refractivity contribution < 1.29 is 0 Å². The van der Waals surface area contributed by atoms with Gasteiger partial charge in [0.15, 0.2) is 0 Å². The van der Waals surface area contributed by atoms with Crippen molar-refractivity contribution in [3.05, 3.63) is 53.6 Å². The molecule has 1 heterocycles. The van der Waals surface area contributed by atoms with Gasteiger partial charge in [-0.25, -0.2) is 0 Å². The third kappa shape index (κ3) is 2.44. The summed E-state index contributed by atoms with van der Waals surface area (Å²) in [6.45, 7) is 2.08. The fraction of sp³-hybridized carbons (Fsp3) is 0.133. The molecule has 2 aromatic carbocycles. The Morgan fingerprint density at radius 3 is 2.90 bits per heavy atom. The summed E-state index contributed by atoms with van der Waals surface area (Å²) in [7, 11) is 0. The summed E-state index contributed by atoms with van der Waals surface area (Å²) in [5, 5.41) is 12.4. The van der Waals surface area contributed by atoms with Gasteiger partial charge in [0.05, 0.1) is 0 Å². The SMILES string of the molecule is CC(Nc1cccc2n[se]nc12)c1cccc(C#N)c1. The molecule has 5 heteroatoms. The molecule has 0 radical (unpaired) electrons. The van der Waals surface area contributed by atoms with E-state index in [0.717, 1.165) is 22.3 Å². The zero-order valence-electron chi connectivity index (χ0n) is 10.9. The first-order valence-electron chi connectivity index (χ1n) is 6.26. The second kappa shape index (κ2) is 5.46. The van der Waals surface area contributed by atoms with Gasteiger partial charge in [-0.2, -0.15) is 0 Å². The fourth-order valence-electron chi connectivity index (χ4n) is 2.12. The molecule has 0 aliphatic heterocycles. The Kier molecular flexibility index (Phi) is 3.51. The number of anilines is 1. The van der Waals surface area contributed by atoms with Crippen molar-refractivity contribution in [1.82, 2.24) is 7.96 Å². The topological polar surface area (TPSA) is 61.6 Å². The number of hydrogen-bond acceptors (Lipinski definition) is 4. The van der Waals surface area contributed by atoms with Crippen molar-refractivity contribution in [2.75, 3.05) is 5.32 Å². The van der Waals surface area contributed by atoms with E-state index in [1.165, 1.54) is 0 Å². The number of rotatable bonds is 3. The first-order chi connectivity index (χ1) is 9.78. The average Bonchev–Trinajstić information content (AvgIpc) is 2.97. The molecule has 0 spiro atoms. The van der Waals surface area contributed by atoms with Crippen molar-refractivity contribution >= 4 is 31.7 Å². The van der Waals surface area contributed by atoms with E-state index < -0.39 is 0 Å². The fourth-order valence-corrected chi connectivity index (χ4v) is 3.27. The summed E-state index contributed by atoms with van der Waals surface area (Å²) in [6.07, 6.45) is 0. The standard InChI is InChI=1S/C15H12N4Se/c1-10(12-5-2-4-11(8-12)9-16)17-13-6-3-7-14-15(13)19-20-18-14/h2-8,10,17H,1H3. The second-order valence-corrected chi connectivity index (χ2v) is 5.65. The molecule has 0 aliphatic carbocycles. The molecule has 1 atom stereocenters. The molecule has 1 aromatic heterocycles. The third-order valence-electron chi connectivity index (χ3n) is 3.17. The van der Waals surface area contributed by atoms with Crippen LogP contribution in [0.2, 0.25) is 0 Å². The Labute approximate surface area is 123 Å². The van der Waals surface area contributed by atoms with Crippen LogP contribution in [0.1, 0.15) is 24.1 Å². The first-order valence-corrected chi connectivity index (χ1v) is 7.79. The Balaban J connectivity index is 1.90. The molecule has 0 fully saturated rings. The number of nitriles is 1. The second-order valence-electron chi connectivity index (χ2n) is 4.54.